The number of rotatable bonds is 5. The van der Waals surface area contributed by atoms with E-state index in [4.69, 9.17) is 9.72 Å². The monoisotopic (exact) mass is 525 g/mol. The first kappa shape index (κ1) is 23.4. The molecule has 0 bridgehead atoms. The van der Waals surface area contributed by atoms with Crippen LogP contribution < -0.4 is 10.2 Å². The number of para-hydroxylation sites is 2. The van der Waals surface area contributed by atoms with Crippen LogP contribution >= 0.6 is 28.3 Å². The average Bonchev–Trinajstić information content (AvgIpc) is 3.20. The molecular formula is C26H25BrFN3OS. The van der Waals surface area contributed by atoms with E-state index >= 15 is 0 Å². The lowest BCUT2D eigenvalue weighted by atomic mass is 10.0. The number of ether oxygens (including phenoxy) is 1. The van der Waals surface area contributed by atoms with Crippen molar-refractivity contribution < 1.29 is 9.13 Å². The molecule has 1 N–H and O–H groups in total. The molecule has 0 saturated carbocycles. The smallest absolute Gasteiger partial charge is 0.188 e. The van der Waals surface area contributed by atoms with Crippen LogP contribution in [-0.4, -0.2) is 31.3 Å². The van der Waals surface area contributed by atoms with Crippen LogP contribution in [0.4, 0.5) is 20.9 Å². The Morgan fingerprint density at radius 3 is 2.33 bits per heavy atom. The summed E-state index contributed by atoms with van der Waals surface area (Å²) in [4.78, 5) is 8.35. The van der Waals surface area contributed by atoms with E-state index < -0.39 is 0 Å². The molecule has 1 aliphatic heterocycles. The standard InChI is InChI=1S/C26H24FN3OS.BrH/c1-18-25(20-12-10-19(11-13-20)21-6-2-3-7-22(21)27)29-26(32-18)28-23-8-4-5-9-24(23)30-14-16-31-17-15-30;/h2-13H,14-17H2,1H3,(H,28,29);1H. The zero-order valence-corrected chi connectivity index (χ0v) is 20.8. The summed E-state index contributed by atoms with van der Waals surface area (Å²) >= 11 is 1.64. The SMILES string of the molecule is Br.Cc1sc(Nc2ccccc2N2CCOCC2)nc1-c1ccc(-c2ccccc2F)cc1. The first-order valence-corrected chi connectivity index (χ1v) is 11.5. The van der Waals surface area contributed by atoms with Crippen molar-refractivity contribution in [3.05, 3.63) is 83.5 Å². The highest BCUT2D eigenvalue weighted by Crippen LogP contribution is 2.36. The second-order valence-electron chi connectivity index (χ2n) is 7.72. The van der Waals surface area contributed by atoms with Crippen molar-refractivity contribution in [3.63, 3.8) is 0 Å². The van der Waals surface area contributed by atoms with Gasteiger partial charge < -0.3 is 15.0 Å². The molecule has 4 aromatic rings. The van der Waals surface area contributed by atoms with Gasteiger partial charge in [0.1, 0.15) is 5.82 Å². The van der Waals surface area contributed by atoms with Crippen molar-refractivity contribution in [1.82, 2.24) is 4.98 Å². The topological polar surface area (TPSA) is 37.4 Å². The normalized spacial score (nSPS) is 13.5. The number of hydrogen-bond donors (Lipinski definition) is 1. The molecule has 1 aromatic heterocycles. The van der Waals surface area contributed by atoms with Gasteiger partial charge in [-0.2, -0.15) is 0 Å². The predicted molar refractivity (Wildman–Crippen MR) is 141 cm³/mol. The van der Waals surface area contributed by atoms with E-state index in [0.29, 0.717) is 5.56 Å². The number of aromatic nitrogens is 1. The summed E-state index contributed by atoms with van der Waals surface area (Å²) < 4.78 is 19.6. The summed E-state index contributed by atoms with van der Waals surface area (Å²) in [7, 11) is 0. The van der Waals surface area contributed by atoms with Crippen molar-refractivity contribution >= 4 is 44.8 Å². The van der Waals surface area contributed by atoms with Crippen LogP contribution in [0.25, 0.3) is 22.4 Å². The molecule has 3 aromatic carbocycles. The number of nitrogens with zero attached hydrogens (tertiary/aromatic N) is 2. The van der Waals surface area contributed by atoms with E-state index in [1.54, 1.807) is 23.5 Å². The molecular weight excluding hydrogens is 501 g/mol. The van der Waals surface area contributed by atoms with Gasteiger partial charge in [-0.1, -0.05) is 54.6 Å². The van der Waals surface area contributed by atoms with Gasteiger partial charge >= 0.3 is 0 Å². The molecule has 33 heavy (non-hydrogen) atoms. The summed E-state index contributed by atoms with van der Waals surface area (Å²) in [6.45, 7) is 5.34. The Hall–Kier alpha value is -2.74. The maximum absolute atomic E-state index is 14.1. The number of aryl methyl sites for hydroxylation is 1. The lowest BCUT2D eigenvalue weighted by Crippen LogP contribution is -2.36. The number of morpholine rings is 1. The van der Waals surface area contributed by atoms with E-state index in [2.05, 4.69) is 35.3 Å². The highest BCUT2D eigenvalue weighted by molar-refractivity contribution is 8.93. The second kappa shape index (κ2) is 10.5. The number of nitrogens with one attached hydrogen (secondary N) is 1. The van der Waals surface area contributed by atoms with Crippen molar-refractivity contribution in [3.8, 4) is 22.4 Å². The zero-order valence-electron chi connectivity index (χ0n) is 18.3. The van der Waals surface area contributed by atoms with Crippen LogP contribution in [0.3, 0.4) is 0 Å². The van der Waals surface area contributed by atoms with Crippen molar-refractivity contribution in [2.45, 2.75) is 6.92 Å². The Labute approximate surface area is 207 Å². The minimum absolute atomic E-state index is 0. The lowest BCUT2D eigenvalue weighted by molar-refractivity contribution is 0.123. The second-order valence-corrected chi connectivity index (χ2v) is 8.93. The van der Waals surface area contributed by atoms with E-state index in [9.17, 15) is 4.39 Å². The Kier molecular flexibility index (Phi) is 7.42. The van der Waals surface area contributed by atoms with Crippen molar-refractivity contribution in [2.24, 2.45) is 0 Å². The van der Waals surface area contributed by atoms with E-state index in [0.717, 1.165) is 58.8 Å². The molecule has 7 heteroatoms. The van der Waals surface area contributed by atoms with Crippen LogP contribution in [0.1, 0.15) is 4.88 Å². The molecule has 170 valence electrons. The summed E-state index contributed by atoms with van der Waals surface area (Å²) in [5, 5.41) is 4.38. The van der Waals surface area contributed by atoms with Crippen LogP contribution in [0.2, 0.25) is 0 Å². The molecule has 2 heterocycles. The molecule has 0 radical (unpaired) electrons. The number of halogens is 2. The first-order chi connectivity index (χ1) is 15.7. The molecule has 0 spiro atoms. The summed E-state index contributed by atoms with van der Waals surface area (Å²) in [6.07, 6.45) is 0. The molecule has 0 amide bonds. The van der Waals surface area contributed by atoms with E-state index in [1.807, 2.05) is 36.4 Å². The fourth-order valence-electron chi connectivity index (χ4n) is 4.00. The van der Waals surface area contributed by atoms with Gasteiger partial charge in [0.05, 0.1) is 30.3 Å². The van der Waals surface area contributed by atoms with E-state index in [1.165, 1.54) is 11.8 Å². The van der Waals surface area contributed by atoms with Gasteiger partial charge in [0, 0.05) is 29.1 Å². The van der Waals surface area contributed by atoms with Crippen LogP contribution in [0.5, 0.6) is 0 Å². The molecule has 4 nitrogen and oxygen atoms in total. The third kappa shape index (κ3) is 5.11. The maximum Gasteiger partial charge on any atom is 0.188 e. The highest BCUT2D eigenvalue weighted by Gasteiger charge is 2.16. The Morgan fingerprint density at radius 1 is 0.909 bits per heavy atom. The Morgan fingerprint density at radius 2 is 1.58 bits per heavy atom. The molecule has 1 fully saturated rings. The largest absolute Gasteiger partial charge is 0.378 e. The lowest BCUT2D eigenvalue weighted by Gasteiger charge is -2.30. The maximum atomic E-state index is 14.1. The van der Waals surface area contributed by atoms with Crippen LogP contribution in [0, 0.1) is 12.7 Å². The summed E-state index contributed by atoms with van der Waals surface area (Å²) in [5.41, 5.74) is 5.65. The van der Waals surface area contributed by atoms with Gasteiger partial charge in [-0.25, -0.2) is 9.37 Å². The fraction of sp³-hybridized carbons (Fsp3) is 0.192. The molecule has 0 atom stereocenters. The number of anilines is 3. The van der Waals surface area contributed by atoms with Gasteiger partial charge in [-0.05, 0) is 30.7 Å². The Balaban J connectivity index is 0.00000259. The Bertz CT molecular complexity index is 1220. The third-order valence-electron chi connectivity index (χ3n) is 5.64. The van der Waals surface area contributed by atoms with E-state index in [-0.39, 0.29) is 22.8 Å². The molecule has 0 aliphatic carbocycles. The van der Waals surface area contributed by atoms with Crippen LogP contribution in [-0.2, 0) is 4.74 Å². The third-order valence-corrected chi connectivity index (χ3v) is 6.52. The summed E-state index contributed by atoms with van der Waals surface area (Å²) in [6, 6.07) is 23.1. The number of hydrogen-bond acceptors (Lipinski definition) is 5. The number of benzene rings is 3. The van der Waals surface area contributed by atoms with Gasteiger partial charge in [-0.3, -0.25) is 0 Å². The first-order valence-electron chi connectivity index (χ1n) is 10.7. The molecule has 1 aliphatic rings. The fourth-order valence-corrected chi connectivity index (χ4v) is 4.84. The van der Waals surface area contributed by atoms with Crippen LogP contribution in [0.15, 0.2) is 72.8 Å². The molecule has 0 unspecified atom stereocenters. The molecule has 1 saturated heterocycles. The minimum atomic E-state index is -0.212. The van der Waals surface area contributed by atoms with Gasteiger partial charge in [0.25, 0.3) is 0 Å². The van der Waals surface area contributed by atoms with Crippen molar-refractivity contribution in [1.29, 1.82) is 0 Å². The predicted octanol–water partition coefficient (Wildman–Crippen LogP) is 7.08. The quantitative estimate of drug-likeness (QED) is 0.302. The molecule has 5 rings (SSSR count). The van der Waals surface area contributed by atoms with Gasteiger partial charge in [0.15, 0.2) is 5.13 Å². The minimum Gasteiger partial charge on any atom is -0.378 e. The van der Waals surface area contributed by atoms with Crippen molar-refractivity contribution in [2.75, 3.05) is 36.5 Å². The zero-order chi connectivity index (χ0) is 21.9. The average molecular weight is 526 g/mol. The summed E-state index contributed by atoms with van der Waals surface area (Å²) in [5.74, 6) is -0.212. The number of thiazole rings is 1. The van der Waals surface area contributed by atoms with Gasteiger partial charge in [-0.15, -0.1) is 28.3 Å². The van der Waals surface area contributed by atoms with Gasteiger partial charge in [0.2, 0.25) is 0 Å². The highest BCUT2D eigenvalue weighted by atomic mass is 79.9.